The number of benzene rings is 3. The van der Waals surface area contributed by atoms with Crippen molar-refractivity contribution in [2.45, 2.75) is 6.04 Å². The predicted molar refractivity (Wildman–Crippen MR) is 135 cm³/mol. The molecule has 1 aliphatic heterocycles. The number of carbonyl (C=O) groups excluding carboxylic acids is 1. The Balaban J connectivity index is 1.76. The van der Waals surface area contributed by atoms with Crippen LogP contribution in [-0.2, 0) is 0 Å². The lowest BCUT2D eigenvalue weighted by Gasteiger charge is -2.25. The molecule has 0 saturated carbocycles. The fraction of sp³-hybridized carbons (Fsp3) is 0.0769. The maximum Gasteiger partial charge on any atom is 0.295 e. The number of carbonyl (C=O) groups is 1. The summed E-state index contributed by atoms with van der Waals surface area (Å²) in [7, 11) is 0. The third-order valence-electron chi connectivity index (χ3n) is 5.48. The largest absolute Gasteiger partial charge is 0.490 e. The van der Waals surface area contributed by atoms with Gasteiger partial charge in [0.25, 0.3) is 5.91 Å². The molecule has 7 heteroatoms. The Morgan fingerprint density at radius 3 is 2.52 bits per heavy atom. The summed E-state index contributed by atoms with van der Waals surface area (Å²) in [4.78, 5) is 28.9. The number of hydrogen-bond donors (Lipinski definition) is 0. The van der Waals surface area contributed by atoms with Crippen molar-refractivity contribution in [3.63, 3.8) is 0 Å². The molecule has 0 fully saturated rings. The van der Waals surface area contributed by atoms with Crippen LogP contribution in [0.25, 0.3) is 11.0 Å². The first-order chi connectivity index (χ1) is 16.0. The van der Waals surface area contributed by atoms with Gasteiger partial charge < -0.3 is 9.15 Å². The number of fused-ring (bicyclic) bond motifs is 2. The molecule has 4 aromatic rings. The number of rotatable bonds is 5. The molecule has 1 aliphatic rings. The summed E-state index contributed by atoms with van der Waals surface area (Å²) < 4.78 is 13.4. The molecule has 1 unspecified atom stereocenters. The standard InChI is InChI=1S/C26H17Br2NO4/c1-2-12-32-19-5-3-4-15(13-19)23-22-24(30)20-14-17(28)8-11-21(20)33-25(22)26(31)29(23)18-9-6-16(27)7-10-18/h2-11,13-14,23H,1,12H2. The summed E-state index contributed by atoms with van der Waals surface area (Å²) in [5.74, 6) is 0.314. The van der Waals surface area contributed by atoms with Crippen molar-refractivity contribution in [2.75, 3.05) is 11.5 Å². The monoisotopic (exact) mass is 565 g/mol. The normalized spacial score (nSPS) is 15.0. The van der Waals surface area contributed by atoms with Crippen LogP contribution in [0, 0.1) is 0 Å². The van der Waals surface area contributed by atoms with Crippen LogP contribution in [0.15, 0.2) is 97.5 Å². The first-order valence-electron chi connectivity index (χ1n) is 10.2. The third-order valence-corrected chi connectivity index (χ3v) is 6.50. The SMILES string of the molecule is C=CCOc1cccc(C2c3c(oc4ccc(Br)cc4c3=O)C(=O)N2c2ccc(Br)cc2)c1. The first kappa shape index (κ1) is 21.7. The van der Waals surface area contributed by atoms with Crippen LogP contribution in [0.1, 0.15) is 27.7 Å². The minimum atomic E-state index is -0.666. The molecule has 5 rings (SSSR count). The maximum absolute atomic E-state index is 13.7. The molecule has 1 aromatic heterocycles. The Kier molecular flexibility index (Phi) is 5.68. The van der Waals surface area contributed by atoms with Crippen LogP contribution in [0.5, 0.6) is 5.75 Å². The van der Waals surface area contributed by atoms with Gasteiger partial charge in [0.1, 0.15) is 17.9 Å². The van der Waals surface area contributed by atoms with E-state index in [-0.39, 0.29) is 17.1 Å². The minimum Gasteiger partial charge on any atom is -0.490 e. The van der Waals surface area contributed by atoms with E-state index in [4.69, 9.17) is 9.15 Å². The highest BCUT2D eigenvalue weighted by molar-refractivity contribution is 9.10. The van der Waals surface area contributed by atoms with E-state index in [0.717, 1.165) is 14.5 Å². The van der Waals surface area contributed by atoms with Crippen molar-refractivity contribution in [2.24, 2.45) is 0 Å². The second kappa shape index (κ2) is 8.65. The lowest BCUT2D eigenvalue weighted by atomic mass is 9.98. The Labute approximate surface area is 206 Å². The van der Waals surface area contributed by atoms with Gasteiger partial charge in [-0.3, -0.25) is 14.5 Å². The molecule has 0 N–H and O–H groups in total. The molecule has 0 spiro atoms. The number of hydrogen-bond acceptors (Lipinski definition) is 4. The summed E-state index contributed by atoms with van der Waals surface area (Å²) in [6, 6.07) is 19.3. The van der Waals surface area contributed by atoms with Crippen molar-refractivity contribution in [1.82, 2.24) is 0 Å². The van der Waals surface area contributed by atoms with Crippen LogP contribution in [0.2, 0.25) is 0 Å². The van der Waals surface area contributed by atoms with Crippen LogP contribution < -0.4 is 15.1 Å². The first-order valence-corrected chi connectivity index (χ1v) is 11.8. The van der Waals surface area contributed by atoms with Crippen LogP contribution >= 0.6 is 31.9 Å². The predicted octanol–water partition coefficient (Wildman–Crippen LogP) is 6.63. The Morgan fingerprint density at radius 2 is 1.76 bits per heavy atom. The van der Waals surface area contributed by atoms with Gasteiger partial charge in [0.2, 0.25) is 5.76 Å². The van der Waals surface area contributed by atoms with Gasteiger partial charge >= 0.3 is 0 Å². The van der Waals surface area contributed by atoms with Crippen LogP contribution in [0.4, 0.5) is 5.69 Å². The van der Waals surface area contributed by atoms with Crippen molar-refractivity contribution >= 4 is 54.4 Å². The molecule has 1 atom stereocenters. The number of anilines is 1. The Bertz CT molecular complexity index is 1460. The van der Waals surface area contributed by atoms with Crippen molar-refractivity contribution in [3.05, 3.63) is 115 Å². The van der Waals surface area contributed by atoms with Crippen molar-refractivity contribution < 1.29 is 13.9 Å². The van der Waals surface area contributed by atoms with E-state index in [1.54, 1.807) is 29.2 Å². The molecule has 3 aromatic carbocycles. The van der Waals surface area contributed by atoms with Gasteiger partial charge in [0.05, 0.1) is 17.0 Å². The van der Waals surface area contributed by atoms with E-state index in [0.29, 0.717) is 34.6 Å². The fourth-order valence-corrected chi connectivity index (χ4v) is 4.68. The summed E-state index contributed by atoms with van der Waals surface area (Å²) in [5, 5.41) is 0.414. The van der Waals surface area contributed by atoms with Crippen molar-refractivity contribution in [1.29, 1.82) is 0 Å². The van der Waals surface area contributed by atoms with E-state index in [1.165, 1.54) is 0 Å². The number of ether oxygens (including phenoxy) is 1. The van der Waals surface area contributed by atoms with E-state index in [1.807, 2.05) is 48.5 Å². The topological polar surface area (TPSA) is 59.8 Å². The molecule has 164 valence electrons. The summed E-state index contributed by atoms with van der Waals surface area (Å²) >= 11 is 6.86. The highest BCUT2D eigenvalue weighted by Crippen LogP contribution is 2.42. The molecule has 33 heavy (non-hydrogen) atoms. The molecule has 0 saturated heterocycles. The van der Waals surface area contributed by atoms with Gasteiger partial charge in [0, 0.05) is 14.6 Å². The minimum absolute atomic E-state index is 0.0557. The number of nitrogens with zero attached hydrogens (tertiary/aromatic N) is 1. The second-order valence-corrected chi connectivity index (χ2v) is 9.37. The van der Waals surface area contributed by atoms with Crippen molar-refractivity contribution in [3.8, 4) is 5.75 Å². The van der Waals surface area contributed by atoms with Crippen LogP contribution in [-0.4, -0.2) is 12.5 Å². The zero-order chi connectivity index (χ0) is 23.1. The molecular formula is C26H17Br2NO4. The van der Waals surface area contributed by atoms with Gasteiger partial charge in [-0.25, -0.2) is 0 Å². The number of halogens is 2. The van der Waals surface area contributed by atoms with Gasteiger partial charge in [0.15, 0.2) is 5.43 Å². The van der Waals surface area contributed by atoms with E-state index < -0.39 is 6.04 Å². The fourth-order valence-electron chi connectivity index (χ4n) is 4.06. The van der Waals surface area contributed by atoms with Gasteiger partial charge in [-0.1, -0.05) is 56.6 Å². The molecule has 2 heterocycles. The average Bonchev–Trinajstić information content (AvgIpc) is 3.11. The Hall–Kier alpha value is -3.16. The average molecular weight is 567 g/mol. The van der Waals surface area contributed by atoms with E-state index in [2.05, 4.69) is 38.4 Å². The lowest BCUT2D eigenvalue weighted by Crippen LogP contribution is -2.29. The van der Waals surface area contributed by atoms with Gasteiger partial charge in [-0.2, -0.15) is 0 Å². The van der Waals surface area contributed by atoms with E-state index in [9.17, 15) is 9.59 Å². The molecule has 0 radical (unpaired) electrons. The summed E-state index contributed by atoms with van der Waals surface area (Å²) in [5.41, 5.74) is 1.85. The summed E-state index contributed by atoms with van der Waals surface area (Å²) in [6.07, 6.45) is 1.66. The smallest absolute Gasteiger partial charge is 0.295 e. The second-order valence-electron chi connectivity index (χ2n) is 7.54. The highest BCUT2D eigenvalue weighted by atomic mass is 79.9. The van der Waals surface area contributed by atoms with E-state index >= 15 is 0 Å². The van der Waals surface area contributed by atoms with Gasteiger partial charge in [-0.15, -0.1) is 0 Å². The lowest BCUT2D eigenvalue weighted by molar-refractivity contribution is 0.0971. The zero-order valence-corrected chi connectivity index (χ0v) is 20.4. The zero-order valence-electron chi connectivity index (χ0n) is 17.3. The highest BCUT2D eigenvalue weighted by Gasteiger charge is 2.43. The van der Waals surface area contributed by atoms with Crippen LogP contribution in [0.3, 0.4) is 0 Å². The van der Waals surface area contributed by atoms with Gasteiger partial charge in [-0.05, 0) is 60.2 Å². The molecule has 0 aliphatic carbocycles. The quantitative estimate of drug-likeness (QED) is 0.254. The molecule has 1 amide bonds. The molecule has 0 bridgehead atoms. The third kappa shape index (κ3) is 3.81. The number of amides is 1. The Morgan fingerprint density at radius 1 is 1.00 bits per heavy atom. The maximum atomic E-state index is 13.7. The summed E-state index contributed by atoms with van der Waals surface area (Å²) in [6.45, 7) is 4.03. The molecular weight excluding hydrogens is 550 g/mol. The molecule has 5 nitrogen and oxygen atoms in total.